The third-order valence-electron chi connectivity index (χ3n) is 2.34. The first-order chi connectivity index (χ1) is 6.24. The number of piperidine rings is 1. The molecule has 1 rings (SSSR count). The second-order valence-corrected chi connectivity index (χ2v) is 3.45. The molecule has 2 N–H and O–H groups in total. The molecule has 0 saturated carbocycles. The fourth-order valence-electron chi connectivity index (χ4n) is 1.59. The Bertz CT molecular complexity index is 167. The number of ether oxygens (including phenoxy) is 1. The summed E-state index contributed by atoms with van der Waals surface area (Å²) in [7, 11) is 1.42. The monoisotopic (exact) mass is 186 g/mol. The van der Waals surface area contributed by atoms with Gasteiger partial charge in [0.25, 0.3) is 0 Å². The Kier molecular flexibility index (Phi) is 4.18. The zero-order chi connectivity index (χ0) is 9.68. The molecule has 2 unspecified atom stereocenters. The average Bonchev–Trinajstić information content (AvgIpc) is 2.18. The fourth-order valence-corrected chi connectivity index (χ4v) is 1.59. The second kappa shape index (κ2) is 5.19. The summed E-state index contributed by atoms with van der Waals surface area (Å²) >= 11 is 0. The molecule has 1 aliphatic heterocycles. The Morgan fingerprint density at radius 3 is 3.00 bits per heavy atom. The summed E-state index contributed by atoms with van der Waals surface area (Å²) in [6.07, 6.45) is 2.31. The molecule has 1 saturated heterocycles. The molecular weight excluding hydrogens is 168 g/mol. The topological polar surface area (TPSA) is 50.4 Å². The number of carbonyl (C=O) groups excluding carboxylic acids is 1. The highest BCUT2D eigenvalue weighted by Gasteiger charge is 2.19. The van der Waals surface area contributed by atoms with Crippen LogP contribution >= 0.6 is 0 Å². The van der Waals surface area contributed by atoms with E-state index in [1.165, 1.54) is 13.5 Å². The van der Waals surface area contributed by atoms with Crippen molar-refractivity contribution in [2.75, 3.05) is 20.2 Å². The first-order valence-corrected chi connectivity index (χ1v) is 4.78. The lowest BCUT2D eigenvalue weighted by molar-refractivity contribution is -0.142. The minimum absolute atomic E-state index is 0.189. The molecule has 0 radical (unpaired) electrons. The Morgan fingerprint density at radius 1 is 1.69 bits per heavy atom. The Morgan fingerprint density at radius 2 is 2.46 bits per heavy atom. The van der Waals surface area contributed by atoms with Crippen molar-refractivity contribution in [3.63, 3.8) is 0 Å². The minimum Gasteiger partial charge on any atom is -0.468 e. The van der Waals surface area contributed by atoms with Crippen molar-refractivity contribution in [3.8, 4) is 0 Å². The number of esters is 1. The smallest absolute Gasteiger partial charge is 0.322 e. The molecular formula is C9H18N2O2. The maximum absolute atomic E-state index is 11.1. The Labute approximate surface area is 79.0 Å². The molecule has 0 amide bonds. The third kappa shape index (κ3) is 3.32. The van der Waals surface area contributed by atoms with Gasteiger partial charge in [-0.15, -0.1) is 0 Å². The fraction of sp³-hybridized carbons (Fsp3) is 0.889. The molecule has 1 fully saturated rings. The standard InChI is InChI=1S/C9H18N2O2/c1-7(9(12)13-2)11-8-4-3-5-10-6-8/h7-8,10-11H,3-6H2,1-2H3. The van der Waals surface area contributed by atoms with Crippen LogP contribution in [0.25, 0.3) is 0 Å². The van der Waals surface area contributed by atoms with E-state index < -0.39 is 0 Å². The van der Waals surface area contributed by atoms with Crippen LogP contribution in [0.1, 0.15) is 19.8 Å². The van der Waals surface area contributed by atoms with E-state index in [1.54, 1.807) is 0 Å². The van der Waals surface area contributed by atoms with E-state index in [9.17, 15) is 4.79 Å². The first kappa shape index (κ1) is 10.5. The minimum atomic E-state index is -0.199. The highest BCUT2D eigenvalue weighted by molar-refractivity contribution is 5.75. The second-order valence-electron chi connectivity index (χ2n) is 3.45. The molecule has 0 spiro atoms. The average molecular weight is 186 g/mol. The van der Waals surface area contributed by atoms with Crippen LogP contribution < -0.4 is 10.6 Å². The first-order valence-electron chi connectivity index (χ1n) is 4.78. The zero-order valence-corrected chi connectivity index (χ0v) is 8.30. The SMILES string of the molecule is COC(=O)C(C)NC1CCCNC1. The molecule has 4 heteroatoms. The van der Waals surface area contributed by atoms with Gasteiger partial charge in [-0.1, -0.05) is 0 Å². The van der Waals surface area contributed by atoms with Crippen molar-refractivity contribution in [2.45, 2.75) is 31.8 Å². The van der Waals surface area contributed by atoms with Crippen LogP contribution in [0.2, 0.25) is 0 Å². The third-order valence-corrected chi connectivity index (χ3v) is 2.34. The summed E-state index contributed by atoms with van der Waals surface area (Å²) in [6, 6.07) is 0.206. The predicted octanol–water partition coefficient (Wildman–Crippen LogP) is -0.110. The molecule has 4 nitrogen and oxygen atoms in total. The van der Waals surface area contributed by atoms with Crippen molar-refractivity contribution in [1.82, 2.24) is 10.6 Å². The number of nitrogens with one attached hydrogen (secondary N) is 2. The zero-order valence-electron chi connectivity index (χ0n) is 8.30. The molecule has 13 heavy (non-hydrogen) atoms. The van der Waals surface area contributed by atoms with Gasteiger partial charge in [-0.25, -0.2) is 0 Å². The summed E-state index contributed by atoms with van der Waals surface area (Å²) < 4.78 is 4.63. The van der Waals surface area contributed by atoms with Crippen LogP contribution in [0, 0.1) is 0 Å². The molecule has 1 aliphatic rings. The van der Waals surface area contributed by atoms with Gasteiger partial charge in [-0.05, 0) is 26.3 Å². The van der Waals surface area contributed by atoms with Gasteiger partial charge in [-0.2, -0.15) is 0 Å². The van der Waals surface area contributed by atoms with E-state index in [0.29, 0.717) is 6.04 Å². The van der Waals surface area contributed by atoms with Gasteiger partial charge in [-0.3, -0.25) is 4.79 Å². The lowest BCUT2D eigenvalue weighted by Crippen LogP contribution is -2.49. The number of methoxy groups -OCH3 is 1. The van der Waals surface area contributed by atoms with Crippen LogP contribution in [0.3, 0.4) is 0 Å². The van der Waals surface area contributed by atoms with E-state index in [0.717, 1.165) is 19.5 Å². The van der Waals surface area contributed by atoms with Crippen molar-refractivity contribution in [3.05, 3.63) is 0 Å². The van der Waals surface area contributed by atoms with Gasteiger partial charge in [0, 0.05) is 12.6 Å². The van der Waals surface area contributed by atoms with Gasteiger partial charge in [0.05, 0.1) is 7.11 Å². The maximum Gasteiger partial charge on any atom is 0.322 e. The van der Waals surface area contributed by atoms with E-state index in [4.69, 9.17) is 0 Å². The summed E-state index contributed by atoms with van der Waals surface area (Å²) in [5.41, 5.74) is 0. The highest BCUT2D eigenvalue weighted by Crippen LogP contribution is 2.02. The number of rotatable bonds is 3. The predicted molar refractivity (Wildman–Crippen MR) is 50.5 cm³/mol. The molecule has 1 heterocycles. The quantitative estimate of drug-likeness (QED) is 0.604. The van der Waals surface area contributed by atoms with Crippen LogP contribution in [-0.2, 0) is 9.53 Å². The Balaban J connectivity index is 2.25. The molecule has 76 valence electrons. The van der Waals surface area contributed by atoms with Gasteiger partial charge >= 0.3 is 5.97 Å². The van der Waals surface area contributed by atoms with Crippen molar-refractivity contribution in [1.29, 1.82) is 0 Å². The Hall–Kier alpha value is -0.610. The normalized spacial score (nSPS) is 25.2. The van der Waals surface area contributed by atoms with Crippen LogP contribution in [0.4, 0.5) is 0 Å². The highest BCUT2D eigenvalue weighted by atomic mass is 16.5. The molecule has 2 atom stereocenters. The van der Waals surface area contributed by atoms with E-state index in [-0.39, 0.29) is 12.0 Å². The lowest BCUT2D eigenvalue weighted by atomic mass is 10.1. The summed E-state index contributed by atoms with van der Waals surface area (Å²) in [5.74, 6) is -0.189. The van der Waals surface area contributed by atoms with Gasteiger partial charge in [0.2, 0.25) is 0 Å². The summed E-state index contributed by atoms with van der Waals surface area (Å²) in [5, 5.41) is 6.51. The molecule has 0 aromatic heterocycles. The van der Waals surface area contributed by atoms with Crippen molar-refractivity contribution >= 4 is 5.97 Å². The largest absolute Gasteiger partial charge is 0.468 e. The van der Waals surface area contributed by atoms with Crippen molar-refractivity contribution in [2.24, 2.45) is 0 Å². The molecule has 0 aromatic carbocycles. The van der Waals surface area contributed by atoms with E-state index >= 15 is 0 Å². The van der Waals surface area contributed by atoms with Crippen molar-refractivity contribution < 1.29 is 9.53 Å². The maximum atomic E-state index is 11.1. The van der Waals surface area contributed by atoms with Crippen LogP contribution in [0.15, 0.2) is 0 Å². The number of hydrogen-bond donors (Lipinski definition) is 2. The summed E-state index contributed by atoms with van der Waals surface area (Å²) in [4.78, 5) is 11.1. The number of carbonyl (C=O) groups is 1. The van der Waals surface area contributed by atoms with Gasteiger partial charge < -0.3 is 15.4 Å². The molecule has 0 bridgehead atoms. The van der Waals surface area contributed by atoms with Crippen LogP contribution in [-0.4, -0.2) is 38.3 Å². The lowest BCUT2D eigenvalue weighted by Gasteiger charge is -2.26. The molecule has 0 aromatic rings. The van der Waals surface area contributed by atoms with Gasteiger partial charge in [0.1, 0.15) is 6.04 Å². The van der Waals surface area contributed by atoms with E-state index in [1.807, 2.05) is 6.92 Å². The number of hydrogen-bond acceptors (Lipinski definition) is 4. The van der Waals surface area contributed by atoms with E-state index in [2.05, 4.69) is 15.4 Å². The molecule has 0 aliphatic carbocycles. The van der Waals surface area contributed by atoms with Crippen LogP contribution in [0.5, 0.6) is 0 Å². The summed E-state index contributed by atoms with van der Waals surface area (Å²) in [6.45, 7) is 3.87. The van der Waals surface area contributed by atoms with Gasteiger partial charge in [0.15, 0.2) is 0 Å².